The molecule has 0 radical (unpaired) electrons. The zero-order valence-corrected chi connectivity index (χ0v) is 17.1. The molecular weight excluding hydrogens is 356 g/mol. The highest BCUT2D eigenvalue weighted by atomic mass is 16.7. The van der Waals surface area contributed by atoms with Crippen LogP contribution >= 0.6 is 0 Å². The first-order chi connectivity index (χ1) is 13.4. The molecule has 4 aliphatic carbocycles. The van der Waals surface area contributed by atoms with Crippen molar-refractivity contribution in [1.29, 1.82) is 0 Å². The summed E-state index contributed by atoms with van der Waals surface area (Å²) in [7, 11) is 0. The van der Waals surface area contributed by atoms with Gasteiger partial charge in [-0.3, -0.25) is 4.79 Å². The van der Waals surface area contributed by atoms with E-state index in [-0.39, 0.29) is 17.0 Å². The summed E-state index contributed by atoms with van der Waals surface area (Å²) in [6.07, 6.45) is 9.22. The molecule has 3 saturated carbocycles. The van der Waals surface area contributed by atoms with Crippen LogP contribution in [0, 0.1) is 28.6 Å². The van der Waals surface area contributed by atoms with Crippen molar-refractivity contribution in [2.24, 2.45) is 28.6 Å². The fourth-order valence-corrected chi connectivity index (χ4v) is 7.91. The maximum Gasteiger partial charge on any atom is 0.181 e. The molecule has 5 fully saturated rings. The van der Waals surface area contributed by atoms with Gasteiger partial charge in [0.25, 0.3) is 0 Å². The fraction of sp³-hybridized carbons (Fsp3) is 0.870. The van der Waals surface area contributed by atoms with Gasteiger partial charge >= 0.3 is 0 Å². The largest absolute Gasteiger partial charge is 0.348 e. The van der Waals surface area contributed by atoms with Crippen LogP contribution in [0.2, 0.25) is 0 Å². The number of hydrogen-bond acceptors (Lipinski definition) is 5. The van der Waals surface area contributed by atoms with Gasteiger partial charge in [-0.15, -0.1) is 0 Å². The van der Waals surface area contributed by atoms with Crippen molar-refractivity contribution in [2.75, 3.05) is 26.4 Å². The van der Waals surface area contributed by atoms with Crippen molar-refractivity contribution in [3.8, 4) is 0 Å². The van der Waals surface area contributed by atoms with Crippen molar-refractivity contribution < 1.29 is 23.7 Å². The Balaban J connectivity index is 1.37. The maximum absolute atomic E-state index is 13.6. The number of carbonyl (C=O) groups is 1. The zero-order valence-electron chi connectivity index (χ0n) is 17.1. The van der Waals surface area contributed by atoms with Gasteiger partial charge in [-0.1, -0.05) is 12.5 Å². The van der Waals surface area contributed by atoms with E-state index < -0.39 is 11.2 Å². The number of ether oxygens (including phenoxy) is 4. The van der Waals surface area contributed by atoms with Crippen LogP contribution in [0.25, 0.3) is 0 Å². The van der Waals surface area contributed by atoms with Crippen LogP contribution in [0.3, 0.4) is 0 Å². The Morgan fingerprint density at radius 1 is 0.893 bits per heavy atom. The second kappa shape index (κ2) is 5.69. The van der Waals surface area contributed by atoms with E-state index in [2.05, 4.69) is 13.8 Å². The van der Waals surface area contributed by atoms with Gasteiger partial charge in [-0.25, -0.2) is 0 Å². The molecule has 5 heteroatoms. The number of fused-ring (bicyclic) bond motifs is 6. The van der Waals surface area contributed by atoms with Crippen LogP contribution < -0.4 is 0 Å². The molecule has 2 saturated heterocycles. The molecule has 28 heavy (non-hydrogen) atoms. The molecule has 0 unspecified atom stereocenters. The summed E-state index contributed by atoms with van der Waals surface area (Å²) >= 11 is 0. The highest BCUT2D eigenvalue weighted by Gasteiger charge is 2.69. The van der Waals surface area contributed by atoms with Crippen molar-refractivity contribution in [3.05, 3.63) is 11.6 Å². The maximum atomic E-state index is 13.6. The number of carbonyl (C=O) groups excluding carboxylic acids is 1. The van der Waals surface area contributed by atoms with Gasteiger partial charge in [0.2, 0.25) is 0 Å². The van der Waals surface area contributed by atoms with E-state index in [1.165, 1.54) is 12.0 Å². The second-order valence-corrected chi connectivity index (χ2v) is 10.4. The Morgan fingerprint density at radius 3 is 2.36 bits per heavy atom. The lowest BCUT2D eigenvalue weighted by Crippen LogP contribution is -2.57. The molecule has 0 aromatic rings. The van der Waals surface area contributed by atoms with Gasteiger partial charge in [0.05, 0.1) is 31.8 Å². The quantitative estimate of drug-likeness (QED) is 0.634. The minimum atomic E-state index is -0.684. The van der Waals surface area contributed by atoms with Gasteiger partial charge in [0.1, 0.15) is 0 Å². The lowest BCUT2D eigenvalue weighted by Gasteiger charge is -2.57. The molecule has 0 N–H and O–H groups in total. The predicted octanol–water partition coefficient (Wildman–Crippen LogP) is 3.61. The number of hydrogen-bond donors (Lipinski definition) is 0. The zero-order chi connectivity index (χ0) is 19.2. The van der Waals surface area contributed by atoms with Gasteiger partial charge < -0.3 is 18.9 Å². The van der Waals surface area contributed by atoms with E-state index in [4.69, 9.17) is 18.9 Å². The summed E-state index contributed by atoms with van der Waals surface area (Å²) in [6.45, 7) is 7.18. The Bertz CT molecular complexity index is 731. The Labute approximate surface area is 167 Å². The Kier molecular flexibility index (Phi) is 3.67. The molecule has 2 heterocycles. The average Bonchev–Trinajstić information content (AvgIpc) is 3.40. The molecule has 2 spiro atoms. The fourth-order valence-electron chi connectivity index (χ4n) is 7.91. The van der Waals surface area contributed by atoms with Gasteiger partial charge in [-0.2, -0.15) is 0 Å². The van der Waals surface area contributed by atoms with E-state index in [0.717, 1.165) is 51.7 Å². The van der Waals surface area contributed by atoms with E-state index in [1.54, 1.807) is 0 Å². The molecule has 5 nitrogen and oxygen atoms in total. The number of ketones is 1. The first-order valence-electron chi connectivity index (χ1n) is 11.2. The van der Waals surface area contributed by atoms with E-state index in [0.29, 0.717) is 31.0 Å². The molecule has 0 aromatic heterocycles. The molecule has 0 aromatic carbocycles. The minimum Gasteiger partial charge on any atom is -0.348 e. The second-order valence-electron chi connectivity index (χ2n) is 10.4. The highest BCUT2D eigenvalue weighted by Crippen LogP contribution is 2.67. The monoisotopic (exact) mass is 388 g/mol. The first kappa shape index (κ1) is 18.1. The van der Waals surface area contributed by atoms with E-state index in [9.17, 15) is 4.79 Å². The van der Waals surface area contributed by atoms with Crippen LogP contribution in [0.4, 0.5) is 0 Å². The molecule has 6 aliphatic rings. The lowest BCUT2D eigenvalue weighted by molar-refractivity contribution is -0.225. The molecule has 0 bridgehead atoms. The third-order valence-electron chi connectivity index (χ3n) is 9.54. The summed E-state index contributed by atoms with van der Waals surface area (Å²) < 4.78 is 24.3. The minimum absolute atomic E-state index is 0.0909. The molecule has 6 rings (SSSR count). The van der Waals surface area contributed by atoms with Crippen LogP contribution in [-0.2, 0) is 23.7 Å². The highest BCUT2D eigenvalue weighted by molar-refractivity contribution is 5.98. The summed E-state index contributed by atoms with van der Waals surface area (Å²) in [4.78, 5) is 13.6. The summed E-state index contributed by atoms with van der Waals surface area (Å²) in [5.41, 5.74) is 0.973. The number of allylic oxidation sites excluding steroid dienone is 2. The Hall–Kier alpha value is -0.750. The smallest absolute Gasteiger partial charge is 0.181 e. The van der Waals surface area contributed by atoms with E-state index in [1.807, 2.05) is 6.08 Å². The molecule has 5 atom stereocenters. The summed E-state index contributed by atoms with van der Waals surface area (Å²) in [6, 6.07) is 0. The average molecular weight is 389 g/mol. The van der Waals surface area contributed by atoms with Crippen molar-refractivity contribution in [1.82, 2.24) is 0 Å². The third kappa shape index (κ3) is 2.04. The van der Waals surface area contributed by atoms with Crippen molar-refractivity contribution >= 4 is 5.78 Å². The van der Waals surface area contributed by atoms with E-state index >= 15 is 0 Å². The van der Waals surface area contributed by atoms with Crippen LogP contribution in [0.1, 0.15) is 58.8 Å². The van der Waals surface area contributed by atoms with Gasteiger partial charge in [0.15, 0.2) is 17.4 Å². The first-order valence-corrected chi connectivity index (χ1v) is 11.2. The summed E-state index contributed by atoms with van der Waals surface area (Å²) in [5, 5.41) is 0. The summed E-state index contributed by atoms with van der Waals surface area (Å²) in [5.74, 6) is 0.554. The SMILES string of the molecule is C[C@@]12CCC3(C[C@@H]1CC[C@H]1C2=CC(=O)[C@]2(C)[C@@H]1CCC21OCCO1)OCCO3. The predicted molar refractivity (Wildman–Crippen MR) is 101 cm³/mol. The van der Waals surface area contributed by atoms with Crippen molar-refractivity contribution in [3.63, 3.8) is 0 Å². The topological polar surface area (TPSA) is 54.0 Å². The van der Waals surface area contributed by atoms with Gasteiger partial charge in [-0.05, 0) is 61.9 Å². The molecule has 154 valence electrons. The van der Waals surface area contributed by atoms with Crippen molar-refractivity contribution in [2.45, 2.75) is 70.4 Å². The van der Waals surface area contributed by atoms with Crippen LogP contribution in [0.15, 0.2) is 11.6 Å². The van der Waals surface area contributed by atoms with Gasteiger partial charge in [0, 0.05) is 19.3 Å². The van der Waals surface area contributed by atoms with Crippen LogP contribution in [0.5, 0.6) is 0 Å². The molecular formula is C23H32O5. The normalized spacial score (nSPS) is 48.4. The third-order valence-corrected chi connectivity index (χ3v) is 9.54. The standard InChI is InChI=1S/C23H32O5/c1-20-7-8-22(25-9-10-26-22)14-15(20)3-4-16-17-5-6-23(27-11-12-28-23)21(17,2)19(24)13-18(16)20/h13,15-17H,3-12,14H2,1-2H3/t15-,16+,17+,20+,21-/m0/s1. The molecule has 2 aliphatic heterocycles. The lowest BCUT2D eigenvalue weighted by atomic mass is 9.48. The number of rotatable bonds is 0. The molecule has 0 amide bonds. The Morgan fingerprint density at radius 2 is 1.61 bits per heavy atom. The van der Waals surface area contributed by atoms with Crippen LogP contribution in [-0.4, -0.2) is 43.8 Å².